The molecule has 8 aliphatic heterocycles. The maximum absolute atomic E-state index is 15.7. The number of aliphatic hydroxyl groups is 21. The second kappa shape index (κ2) is 34.8. The number of aldehydes is 1. The molecule has 0 spiro atoms. The SMILES string of the molecule is CC1(C)CC[C@]2(C(=O)O[C@@H]3OC[C@H](O)[C@@H](O)C3O[C@@H]3OC[C@H](O[C@@H]4OC[C@@H](O)[C@@H](O)C4O)[C@H](O[C@@H]4OC(CO)[C@@H](O)[C@@H](O)C4O)C3O)CC[C@]3(C)C(=CCC4[C@@]5(C)CC[C@H](O[C@@H]6OC(C(=O)O)[C@@H](O)[C@@H](O[C@@H]7OC[C@H](O)[C@H](O)C7O)C6O[C@@H]6OC(CO)[C@H](O)[C@@H](O)C6O)[C@@](C)(C=O)C5CC[C@]43C)[C@@H]2C1.OC1COC[C@@H](O)C1O. The number of hydrogen-bond donors (Lipinski definition) is 22. The van der Waals surface area contributed by atoms with E-state index in [-0.39, 0.29) is 31.0 Å². The Morgan fingerprint density at radius 2 is 0.947 bits per heavy atom. The molecule has 14 unspecified atom stereocenters. The van der Waals surface area contributed by atoms with Crippen LogP contribution >= 0.6 is 0 Å². The van der Waals surface area contributed by atoms with Gasteiger partial charge in [-0.2, -0.15) is 0 Å². The Morgan fingerprint density at radius 3 is 1.50 bits per heavy atom. The zero-order chi connectivity index (χ0) is 82.4. The van der Waals surface area contributed by atoms with Crippen molar-refractivity contribution in [3.05, 3.63) is 11.6 Å². The molecule has 113 heavy (non-hydrogen) atoms. The van der Waals surface area contributed by atoms with Crippen LogP contribution < -0.4 is 0 Å². The van der Waals surface area contributed by atoms with Gasteiger partial charge in [0.1, 0.15) is 159 Å². The Bertz CT molecular complexity index is 3240. The predicted octanol–water partition coefficient (Wildman–Crippen LogP) is -8.64. The number of aliphatic carboxylic acids is 1. The molecule has 4 saturated carbocycles. The van der Waals surface area contributed by atoms with E-state index in [0.29, 0.717) is 57.8 Å². The fourth-order valence-corrected chi connectivity index (χ4v) is 20.4. The lowest BCUT2D eigenvalue weighted by Crippen LogP contribution is -2.68. The molecule has 8 heterocycles. The van der Waals surface area contributed by atoms with Gasteiger partial charge in [0.15, 0.2) is 49.9 Å². The van der Waals surface area contributed by atoms with Crippen LogP contribution in [-0.2, 0) is 85.4 Å². The molecular formula is C73H116O40. The number of hydrogen-bond acceptors (Lipinski definition) is 39. The van der Waals surface area contributed by atoms with Crippen molar-refractivity contribution in [1.82, 2.24) is 0 Å². The van der Waals surface area contributed by atoms with Gasteiger partial charge in [-0.15, -0.1) is 0 Å². The summed E-state index contributed by atoms with van der Waals surface area (Å²) in [4.78, 5) is 42.9. The van der Waals surface area contributed by atoms with Gasteiger partial charge in [0.05, 0.1) is 69.8 Å². The predicted molar refractivity (Wildman–Crippen MR) is 366 cm³/mol. The van der Waals surface area contributed by atoms with Crippen molar-refractivity contribution in [2.45, 2.75) is 321 Å². The minimum atomic E-state index is -2.21. The number of carboxylic acid groups (broad SMARTS) is 1. The molecule has 648 valence electrons. The fraction of sp³-hybridized carbons (Fsp3) is 0.932. The van der Waals surface area contributed by atoms with E-state index >= 15 is 4.79 Å². The molecule has 0 bridgehead atoms. The Labute approximate surface area is 649 Å². The third kappa shape index (κ3) is 16.5. The lowest BCUT2D eigenvalue weighted by Gasteiger charge is -2.71. The van der Waals surface area contributed by atoms with E-state index in [4.69, 9.17) is 86.4 Å². The van der Waals surface area contributed by atoms with Gasteiger partial charge in [-0.1, -0.05) is 53.2 Å². The highest BCUT2D eigenvalue weighted by Gasteiger charge is 2.72. The standard InChI is InChI=1S/C68H106O36.C5H10O4/c1-63(2)13-15-68(62(90)104-60-52(38(77)29(74)22-93-60)102-57-48(87)49(99-58-45(84)41(80)39(78)30(18-69)95-58)32(23-94-57)97-55-43(82)36(75)27(72)20-91-55)16-14-66(5)25(26(68)17-63)7-8-34-64(3)11-10-35(65(4,24-71)33(64)9-12-67(34,66)6)98-61-53(103-59-46(85)42(81)40(79)31(19-70)96-59)50(47(86)51(101-61)54(88)89)100-56-44(83)37(76)28(73)21-92-56;6-3-1-9-2-4(7)5(3)8/h7,24,26-53,55-61,69-70,72-87H,8-23H2,1-6H3,(H,88,89);3-8H,1-2H2/t26-,27+,28-,29-,30?,31?,32-,33?,34?,35-,36+,37-,38+,39+,40-,41+,42+,43?,44?,45?,46?,47-,48?,49-,50+,51?,52?,53?,55-,56-,57-,58-,59-,60-,61+,64-,65-,66+,67+,68-;3-,4?,5?/m01/s1. The average Bonchev–Trinajstić information content (AvgIpc) is 0.673. The van der Waals surface area contributed by atoms with E-state index < -0.39 is 305 Å². The molecule has 0 aromatic carbocycles. The molecule has 13 aliphatic rings. The van der Waals surface area contributed by atoms with Crippen molar-refractivity contribution in [2.75, 3.05) is 52.9 Å². The monoisotopic (exact) mass is 1630 g/mol. The van der Waals surface area contributed by atoms with E-state index in [0.717, 1.165) is 11.9 Å². The highest BCUT2D eigenvalue weighted by atomic mass is 16.8. The highest BCUT2D eigenvalue weighted by molar-refractivity contribution is 5.79. The van der Waals surface area contributed by atoms with Gasteiger partial charge in [0.2, 0.25) is 6.29 Å². The van der Waals surface area contributed by atoms with Crippen LogP contribution in [-0.4, -0.2) is 398 Å². The number of esters is 1. The largest absolute Gasteiger partial charge is 0.479 e. The molecule has 0 amide bonds. The first-order valence-corrected chi connectivity index (χ1v) is 38.8. The summed E-state index contributed by atoms with van der Waals surface area (Å²) in [6.07, 6.45) is -53.9. The molecule has 0 aromatic rings. The number of ether oxygens (including phenoxy) is 15. The maximum atomic E-state index is 15.7. The van der Waals surface area contributed by atoms with Crippen LogP contribution in [0.2, 0.25) is 0 Å². The van der Waals surface area contributed by atoms with Crippen LogP contribution in [0.15, 0.2) is 11.6 Å². The van der Waals surface area contributed by atoms with Gasteiger partial charge in [-0.05, 0) is 104 Å². The second-order valence-corrected chi connectivity index (χ2v) is 34.8. The van der Waals surface area contributed by atoms with Crippen LogP contribution in [0.4, 0.5) is 0 Å². The highest BCUT2D eigenvalue weighted by Crippen LogP contribution is 2.76. The molecular weight excluding hydrogens is 1520 g/mol. The van der Waals surface area contributed by atoms with E-state index in [9.17, 15) is 107 Å². The van der Waals surface area contributed by atoms with Gasteiger partial charge in [-0.3, -0.25) is 4.79 Å². The van der Waals surface area contributed by atoms with E-state index in [1.54, 1.807) is 6.92 Å². The molecule has 12 fully saturated rings. The lowest BCUT2D eigenvalue weighted by atomic mass is 9.33. The molecule has 40 nitrogen and oxygen atoms in total. The maximum Gasteiger partial charge on any atom is 0.335 e. The minimum absolute atomic E-state index is 0.109. The molecule has 13 rings (SSSR count). The zero-order valence-electron chi connectivity index (χ0n) is 63.5. The van der Waals surface area contributed by atoms with Crippen molar-refractivity contribution < 1.29 is 198 Å². The van der Waals surface area contributed by atoms with Gasteiger partial charge in [0, 0.05) is 0 Å². The number of carbonyl (C=O) groups excluding carboxylic acids is 2. The topological polar surface area (TPSA) is 635 Å². The Morgan fingerprint density at radius 1 is 0.451 bits per heavy atom. The number of rotatable bonds is 18. The van der Waals surface area contributed by atoms with Crippen LogP contribution in [0.3, 0.4) is 0 Å². The summed E-state index contributed by atoms with van der Waals surface area (Å²) in [6.45, 7) is 8.85. The summed E-state index contributed by atoms with van der Waals surface area (Å²) in [5, 5.41) is 232. The zero-order valence-corrected chi connectivity index (χ0v) is 63.5. The summed E-state index contributed by atoms with van der Waals surface area (Å²) in [7, 11) is 0. The second-order valence-electron chi connectivity index (χ2n) is 34.8. The molecule has 0 aromatic heterocycles. The molecule has 40 heteroatoms. The van der Waals surface area contributed by atoms with Gasteiger partial charge < -0.3 is 188 Å². The minimum Gasteiger partial charge on any atom is -0.479 e. The smallest absolute Gasteiger partial charge is 0.335 e. The van der Waals surface area contributed by atoms with Crippen LogP contribution in [0.5, 0.6) is 0 Å². The number of carbonyl (C=O) groups is 3. The van der Waals surface area contributed by atoms with Gasteiger partial charge in [-0.25, -0.2) is 4.79 Å². The average molecular weight is 1630 g/mol. The van der Waals surface area contributed by atoms with Crippen molar-refractivity contribution in [3.8, 4) is 0 Å². The molecule has 5 aliphatic carbocycles. The van der Waals surface area contributed by atoms with Gasteiger partial charge >= 0.3 is 11.9 Å². The van der Waals surface area contributed by atoms with Crippen molar-refractivity contribution in [3.63, 3.8) is 0 Å². The van der Waals surface area contributed by atoms with Crippen molar-refractivity contribution >= 4 is 18.2 Å². The summed E-state index contributed by atoms with van der Waals surface area (Å²) in [5.41, 5.74) is -3.57. The third-order valence-electron chi connectivity index (χ3n) is 27.5. The number of fused-ring (bicyclic) bond motifs is 7. The third-order valence-corrected chi connectivity index (χ3v) is 27.5. The first kappa shape index (κ1) is 89.2. The van der Waals surface area contributed by atoms with E-state index in [2.05, 4.69) is 40.7 Å². The van der Waals surface area contributed by atoms with Gasteiger partial charge in [0.25, 0.3) is 0 Å². The van der Waals surface area contributed by atoms with Crippen molar-refractivity contribution in [2.24, 2.45) is 50.2 Å². The fourth-order valence-electron chi connectivity index (χ4n) is 20.4. The Balaban J connectivity index is 0.00000123. The molecule has 8 saturated heterocycles. The van der Waals surface area contributed by atoms with Crippen LogP contribution in [0, 0.1) is 50.2 Å². The number of carboxylic acids is 1. The lowest BCUT2D eigenvalue weighted by molar-refractivity contribution is -0.391. The first-order valence-electron chi connectivity index (χ1n) is 38.8. The number of allylic oxidation sites excluding steroid dienone is 2. The summed E-state index contributed by atoms with van der Waals surface area (Å²) >= 11 is 0. The molecule has 22 N–H and O–H groups in total. The summed E-state index contributed by atoms with van der Waals surface area (Å²) in [6, 6.07) is 0. The summed E-state index contributed by atoms with van der Waals surface area (Å²) in [5.74, 6) is -3.41. The molecule has 0 radical (unpaired) electrons. The quantitative estimate of drug-likeness (QED) is 0.0262. The Hall–Kier alpha value is -3.05. The normalized spacial score (nSPS) is 53.3. The first-order chi connectivity index (χ1) is 53.1. The van der Waals surface area contributed by atoms with Crippen LogP contribution in [0.25, 0.3) is 0 Å². The van der Waals surface area contributed by atoms with Crippen molar-refractivity contribution in [1.29, 1.82) is 0 Å². The summed E-state index contributed by atoms with van der Waals surface area (Å²) < 4.78 is 88.6. The van der Waals surface area contributed by atoms with E-state index in [1.807, 2.05) is 0 Å². The van der Waals surface area contributed by atoms with E-state index in [1.165, 1.54) is 0 Å². The van der Waals surface area contributed by atoms with Crippen LogP contribution in [0.1, 0.15) is 106 Å². The number of aliphatic hydroxyl groups excluding tert-OH is 21. The molecule has 43 atom stereocenters. The Kier molecular flexibility index (Phi) is 27.5.